The van der Waals surface area contributed by atoms with Crippen molar-refractivity contribution >= 4 is 0 Å². The summed E-state index contributed by atoms with van der Waals surface area (Å²) in [6.45, 7) is 4.41. The Morgan fingerprint density at radius 3 is 2.60 bits per heavy atom. The molecule has 4 heteroatoms. The lowest BCUT2D eigenvalue weighted by Gasteiger charge is -2.33. The van der Waals surface area contributed by atoms with E-state index in [1.165, 1.54) is 29.7 Å². The fourth-order valence-electron chi connectivity index (χ4n) is 4.46. The lowest BCUT2D eigenvalue weighted by atomic mass is 9.94. The zero-order valence-corrected chi connectivity index (χ0v) is 14.3. The normalized spacial score (nSPS) is 22.9. The standard InChI is InChI=1S/C21H22F3N/c1-2-9-25-10-8-16-13-20(25)19-12-15(6-7-18(16)19)14-4-3-5-17(11-14)21(22,23)24/h3-7,11-12,16,20H,2,8-10,13H2,1H3. The summed E-state index contributed by atoms with van der Waals surface area (Å²) in [5.41, 5.74) is 3.66. The van der Waals surface area contributed by atoms with Gasteiger partial charge in [0.15, 0.2) is 0 Å². The van der Waals surface area contributed by atoms with Gasteiger partial charge in [-0.2, -0.15) is 13.2 Å². The highest BCUT2D eigenvalue weighted by molar-refractivity contribution is 5.67. The SMILES string of the molecule is CCCN1CCC2CC1c1cc(-c3cccc(C(F)(F)F)c3)ccc12. The number of hydrogen-bond donors (Lipinski definition) is 0. The van der Waals surface area contributed by atoms with Gasteiger partial charge in [0.25, 0.3) is 0 Å². The monoisotopic (exact) mass is 345 g/mol. The van der Waals surface area contributed by atoms with Crippen LogP contribution in [0, 0.1) is 0 Å². The molecule has 1 heterocycles. The predicted molar refractivity (Wildman–Crippen MR) is 93.5 cm³/mol. The number of alkyl halides is 3. The summed E-state index contributed by atoms with van der Waals surface area (Å²) in [6, 6.07) is 12.3. The number of likely N-dealkylation sites (tertiary alicyclic amines) is 1. The highest BCUT2D eigenvalue weighted by atomic mass is 19.4. The van der Waals surface area contributed by atoms with Crippen LogP contribution in [0.4, 0.5) is 13.2 Å². The first-order valence-corrected chi connectivity index (χ1v) is 9.03. The average molecular weight is 345 g/mol. The van der Waals surface area contributed by atoms with Crippen molar-refractivity contribution in [3.63, 3.8) is 0 Å². The van der Waals surface area contributed by atoms with E-state index in [1.54, 1.807) is 6.07 Å². The number of benzene rings is 2. The summed E-state index contributed by atoms with van der Waals surface area (Å²) in [5, 5.41) is 0. The van der Waals surface area contributed by atoms with Gasteiger partial charge in [-0.05, 0) is 78.7 Å². The molecular formula is C21H22F3N. The van der Waals surface area contributed by atoms with Crippen LogP contribution in [-0.2, 0) is 6.18 Å². The van der Waals surface area contributed by atoms with Crippen molar-refractivity contribution in [1.82, 2.24) is 4.90 Å². The van der Waals surface area contributed by atoms with E-state index in [1.807, 2.05) is 6.07 Å². The van der Waals surface area contributed by atoms with Gasteiger partial charge in [0.2, 0.25) is 0 Å². The smallest absolute Gasteiger partial charge is 0.296 e. The molecule has 1 fully saturated rings. The Hall–Kier alpha value is -1.81. The van der Waals surface area contributed by atoms with Crippen LogP contribution in [0.5, 0.6) is 0 Å². The summed E-state index contributed by atoms with van der Waals surface area (Å²) >= 11 is 0. The molecule has 2 aromatic carbocycles. The fourth-order valence-corrected chi connectivity index (χ4v) is 4.46. The highest BCUT2D eigenvalue weighted by Gasteiger charge is 2.38. The number of rotatable bonds is 3. The minimum absolute atomic E-state index is 0.430. The average Bonchev–Trinajstić information content (AvgIpc) is 2.90. The summed E-state index contributed by atoms with van der Waals surface area (Å²) in [7, 11) is 0. The second-order valence-corrected chi connectivity index (χ2v) is 7.20. The quantitative estimate of drug-likeness (QED) is 0.658. The summed E-state index contributed by atoms with van der Waals surface area (Å²) in [6.07, 6.45) is -0.835. The van der Waals surface area contributed by atoms with Crippen molar-refractivity contribution in [2.24, 2.45) is 0 Å². The van der Waals surface area contributed by atoms with Gasteiger partial charge >= 0.3 is 6.18 Å². The molecule has 2 aliphatic rings. The van der Waals surface area contributed by atoms with Crippen molar-refractivity contribution in [3.05, 3.63) is 59.2 Å². The van der Waals surface area contributed by atoms with Gasteiger partial charge in [0, 0.05) is 6.04 Å². The summed E-state index contributed by atoms with van der Waals surface area (Å²) in [4.78, 5) is 2.54. The topological polar surface area (TPSA) is 3.24 Å². The van der Waals surface area contributed by atoms with E-state index < -0.39 is 11.7 Å². The fraction of sp³-hybridized carbons (Fsp3) is 0.429. The molecule has 1 aliphatic heterocycles. The van der Waals surface area contributed by atoms with Gasteiger partial charge in [0.1, 0.15) is 0 Å². The van der Waals surface area contributed by atoms with Crippen LogP contribution in [0.25, 0.3) is 11.1 Å². The number of piperidine rings is 1. The molecule has 0 radical (unpaired) electrons. The van der Waals surface area contributed by atoms with Crippen LogP contribution in [0.3, 0.4) is 0 Å². The maximum Gasteiger partial charge on any atom is 0.416 e. The highest BCUT2D eigenvalue weighted by Crippen LogP contribution is 2.49. The Morgan fingerprint density at radius 2 is 1.84 bits per heavy atom. The number of hydrogen-bond acceptors (Lipinski definition) is 1. The third-order valence-electron chi connectivity index (χ3n) is 5.63. The molecule has 0 saturated carbocycles. The molecule has 1 saturated heterocycles. The van der Waals surface area contributed by atoms with Gasteiger partial charge in [-0.1, -0.05) is 31.2 Å². The van der Waals surface area contributed by atoms with Crippen molar-refractivity contribution in [2.75, 3.05) is 13.1 Å². The molecule has 25 heavy (non-hydrogen) atoms. The van der Waals surface area contributed by atoms with Crippen LogP contribution in [-0.4, -0.2) is 18.0 Å². The molecule has 2 aromatic rings. The maximum absolute atomic E-state index is 13.0. The Balaban J connectivity index is 1.72. The molecule has 1 aliphatic carbocycles. The van der Waals surface area contributed by atoms with Crippen LogP contribution < -0.4 is 0 Å². The third-order valence-corrected chi connectivity index (χ3v) is 5.63. The van der Waals surface area contributed by atoms with E-state index in [2.05, 4.69) is 24.0 Å². The third kappa shape index (κ3) is 2.97. The minimum Gasteiger partial charge on any atom is -0.296 e. The van der Waals surface area contributed by atoms with E-state index in [4.69, 9.17) is 0 Å². The molecule has 132 valence electrons. The van der Waals surface area contributed by atoms with Gasteiger partial charge in [-0.3, -0.25) is 4.90 Å². The molecule has 2 unspecified atom stereocenters. The van der Waals surface area contributed by atoms with E-state index in [-0.39, 0.29) is 0 Å². The minimum atomic E-state index is -4.30. The van der Waals surface area contributed by atoms with Crippen LogP contribution in [0.1, 0.15) is 54.8 Å². The lowest BCUT2D eigenvalue weighted by molar-refractivity contribution is -0.137. The summed E-state index contributed by atoms with van der Waals surface area (Å²) < 4.78 is 39.0. The van der Waals surface area contributed by atoms with E-state index in [9.17, 15) is 13.2 Å². The molecule has 0 amide bonds. The molecule has 4 rings (SSSR count). The Morgan fingerprint density at radius 1 is 1.04 bits per heavy atom. The lowest BCUT2D eigenvalue weighted by Crippen LogP contribution is -2.32. The molecule has 2 bridgehead atoms. The first kappa shape index (κ1) is 16.6. The number of nitrogens with zero attached hydrogens (tertiary/aromatic N) is 1. The predicted octanol–water partition coefficient (Wildman–Crippen LogP) is 6.02. The molecule has 0 aromatic heterocycles. The number of fused-ring (bicyclic) bond motifs is 5. The first-order valence-electron chi connectivity index (χ1n) is 9.03. The summed E-state index contributed by atoms with van der Waals surface area (Å²) in [5.74, 6) is 0.615. The van der Waals surface area contributed by atoms with Crippen molar-refractivity contribution < 1.29 is 13.2 Å². The maximum atomic E-state index is 13.0. The zero-order valence-electron chi connectivity index (χ0n) is 14.3. The first-order chi connectivity index (χ1) is 12.0. The zero-order chi connectivity index (χ0) is 17.6. The van der Waals surface area contributed by atoms with Gasteiger partial charge < -0.3 is 0 Å². The van der Waals surface area contributed by atoms with E-state index in [0.29, 0.717) is 17.5 Å². The van der Waals surface area contributed by atoms with Crippen molar-refractivity contribution in [2.45, 2.75) is 44.3 Å². The second-order valence-electron chi connectivity index (χ2n) is 7.20. The van der Waals surface area contributed by atoms with E-state index >= 15 is 0 Å². The number of halogens is 3. The Labute approximate surface area is 146 Å². The van der Waals surface area contributed by atoms with Crippen LogP contribution in [0.2, 0.25) is 0 Å². The molecule has 1 nitrogen and oxygen atoms in total. The van der Waals surface area contributed by atoms with Crippen molar-refractivity contribution in [1.29, 1.82) is 0 Å². The van der Waals surface area contributed by atoms with Crippen molar-refractivity contribution in [3.8, 4) is 11.1 Å². The second kappa shape index (κ2) is 6.17. The Kier molecular flexibility index (Phi) is 4.11. The molecule has 0 N–H and O–H groups in total. The molecular weight excluding hydrogens is 323 g/mol. The largest absolute Gasteiger partial charge is 0.416 e. The Bertz CT molecular complexity index is 781. The van der Waals surface area contributed by atoms with E-state index in [0.717, 1.165) is 37.6 Å². The molecule has 0 spiro atoms. The molecule has 2 atom stereocenters. The van der Waals surface area contributed by atoms with Gasteiger partial charge in [0.05, 0.1) is 5.56 Å². The van der Waals surface area contributed by atoms with Crippen LogP contribution >= 0.6 is 0 Å². The van der Waals surface area contributed by atoms with Gasteiger partial charge in [-0.15, -0.1) is 0 Å². The van der Waals surface area contributed by atoms with Gasteiger partial charge in [-0.25, -0.2) is 0 Å². The van der Waals surface area contributed by atoms with Crippen LogP contribution in [0.15, 0.2) is 42.5 Å².